The molecule has 0 aliphatic carbocycles. The fraction of sp³-hybridized carbons (Fsp3) is 1.00. The number of ether oxygens (including phenoxy) is 3. The predicted octanol–water partition coefficient (Wildman–Crippen LogP) is 0.785. The zero-order valence-electron chi connectivity index (χ0n) is 9.52. The van der Waals surface area contributed by atoms with E-state index in [9.17, 15) is 0 Å². The Morgan fingerprint density at radius 2 is 1.93 bits per heavy atom. The van der Waals surface area contributed by atoms with E-state index < -0.39 is 0 Å². The van der Waals surface area contributed by atoms with E-state index in [1.807, 2.05) is 0 Å². The molecule has 0 radical (unpaired) electrons. The molecule has 1 unspecified atom stereocenters. The van der Waals surface area contributed by atoms with Gasteiger partial charge in [-0.05, 0) is 6.42 Å². The van der Waals surface area contributed by atoms with Gasteiger partial charge in [0.1, 0.15) is 5.91 Å². The first-order chi connectivity index (χ1) is 7.24. The Balaban J connectivity index is 3.17. The van der Waals surface area contributed by atoms with E-state index in [4.69, 9.17) is 14.2 Å². The fourth-order valence-electron chi connectivity index (χ4n) is 1.12. The molecule has 0 bridgehead atoms. The second-order valence-electron chi connectivity index (χ2n) is 3.31. The quantitative estimate of drug-likeness (QED) is 0.266. The van der Waals surface area contributed by atoms with Crippen molar-refractivity contribution in [3.05, 3.63) is 0 Å². The Bertz CT molecular complexity index is 137. The van der Waals surface area contributed by atoms with Gasteiger partial charge in [-0.1, -0.05) is 6.04 Å². The number of hydrogen-bond donors (Lipinski definition) is 2. The van der Waals surface area contributed by atoms with E-state index >= 15 is 0 Å². The van der Waals surface area contributed by atoms with Crippen LogP contribution in [0.4, 0.5) is 0 Å². The van der Waals surface area contributed by atoms with Crippen LogP contribution in [0, 0.1) is 0 Å². The molecule has 0 aromatic carbocycles. The summed E-state index contributed by atoms with van der Waals surface area (Å²) >= 11 is 8.41. The van der Waals surface area contributed by atoms with Crippen LogP contribution in [0.15, 0.2) is 0 Å². The third-order valence-corrected chi connectivity index (χ3v) is 5.13. The molecule has 15 heavy (non-hydrogen) atoms. The molecule has 0 aromatic rings. The van der Waals surface area contributed by atoms with E-state index in [0.717, 1.165) is 18.8 Å². The summed E-state index contributed by atoms with van der Waals surface area (Å²) in [5.74, 6) is 0.813. The highest BCUT2D eigenvalue weighted by Gasteiger charge is 2.05. The van der Waals surface area contributed by atoms with Crippen LogP contribution in [0.25, 0.3) is 0 Å². The van der Waals surface area contributed by atoms with Crippen molar-refractivity contribution < 1.29 is 14.2 Å². The molecule has 0 amide bonds. The Hall–Kier alpha value is 0.797. The summed E-state index contributed by atoms with van der Waals surface area (Å²) in [5, 5.41) is 0.247. The molecule has 0 saturated heterocycles. The molecule has 0 spiro atoms. The van der Waals surface area contributed by atoms with Crippen molar-refractivity contribution in [3.8, 4) is 0 Å². The molecule has 0 N–H and O–H groups in total. The molecule has 0 aliphatic rings. The van der Waals surface area contributed by atoms with Gasteiger partial charge in [0.05, 0.1) is 16.1 Å². The van der Waals surface area contributed by atoms with Crippen LogP contribution in [0.3, 0.4) is 0 Å². The highest BCUT2D eigenvalue weighted by atomic mass is 32.1. The molecule has 0 heterocycles. The zero-order valence-corrected chi connectivity index (χ0v) is 12.7. The van der Waals surface area contributed by atoms with E-state index in [1.165, 1.54) is 6.04 Å². The summed E-state index contributed by atoms with van der Waals surface area (Å²) in [6, 6.07) is 1.18. The SMILES string of the molecule is COC(OC)[SiH2]CCCOCC(S)CS. The second-order valence-corrected chi connectivity index (χ2v) is 6.35. The minimum Gasteiger partial charge on any atom is -0.380 e. The summed E-state index contributed by atoms with van der Waals surface area (Å²) in [6.07, 6.45) is 1.09. The highest BCUT2D eigenvalue weighted by Crippen LogP contribution is 2.00. The van der Waals surface area contributed by atoms with Gasteiger partial charge in [0.2, 0.25) is 0 Å². The Morgan fingerprint density at radius 3 is 2.47 bits per heavy atom. The maximum Gasteiger partial charge on any atom is 0.134 e. The lowest BCUT2D eigenvalue weighted by molar-refractivity contribution is -0.0442. The lowest BCUT2D eigenvalue weighted by atomic mass is 10.5. The summed E-state index contributed by atoms with van der Waals surface area (Å²) in [6.45, 7) is 1.49. The lowest BCUT2D eigenvalue weighted by Crippen LogP contribution is -2.21. The maximum absolute atomic E-state index is 5.45. The summed E-state index contributed by atoms with van der Waals surface area (Å²) in [5.41, 5.74) is 0. The minimum atomic E-state index is -0.286. The molecule has 92 valence electrons. The topological polar surface area (TPSA) is 27.7 Å². The van der Waals surface area contributed by atoms with E-state index in [2.05, 4.69) is 25.3 Å². The van der Waals surface area contributed by atoms with Crippen LogP contribution in [0.2, 0.25) is 6.04 Å². The van der Waals surface area contributed by atoms with Crippen LogP contribution < -0.4 is 0 Å². The second kappa shape index (κ2) is 11.3. The lowest BCUT2D eigenvalue weighted by Gasteiger charge is -2.12. The van der Waals surface area contributed by atoms with Gasteiger partial charge in [-0.2, -0.15) is 25.3 Å². The van der Waals surface area contributed by atoms with Crippen molar-refractivity contribution in [2.24, 2.45) is 0 Å². The third-order valence-electron chi connectivity index (χ3n) is 2.03. The van der Waals surface area contributed by atoms with Gasteiger partial charge in [-0.25, -0.2) is 0 Å². The van der Waals surface area contributed by atoms with E-state index in [-0.39, 0.29) is 20.7 Å². The molecule has 0 rings (SSSR count). The van der Waals surface area contributed by atoms with Gasteiger partial charge in [-0.3, -0.25) is 0 Å². The predicted molar refractivity (Wildman–Crippen MR) is 73.2 cm³/mol. The van der Waals surface area contributed by atoms with Gasteiger partial charge in [0.15, 0.2) is 0 Å². The van der Waals surface area contributed by atoms with Crippen molar-refractivity contribution in [3.63, 3.8) is 0 Å². The van der Waals surface area contributed by atoms with Gasteiger partial charge in [0.25, 0.3) is 0 Å². The van der Waals surface area contributed by atoms with Gasteiger partial charge < -0.3 is 14.2 Å². The van der Waals surface area contributed by atoms with Crippen molar-refractivity contribution in [2.45, 2.75) is 23.6 Å². The van der Waals surface area contributed by atoms with E-state index in [0.29, 0.717) is 6.61 Å². The number of methoxy groups -OCH3 is 2. The molecule has 0 aliphatic heterocycles. The first-order valence-corrected chi connectivity index (χ1v) is 8.13. The Kier molecular flexibility index (Phi) is 11.9. The van der Waals surface area contributed by atoms with Crippen LogP contribution in [0.1, 0.15) is 6.42 Å². The van der Waals surface area contributed by atoms with E-state index in [1.54, 1.807) is 14.2 Å². The monoisotopic (exact) mass is 270 g/mol. The van der Waals surface area contributed by atoms with Crippen LogP contribution in [-0.2, 0) is 14.2 Å². The first-order valence-electron chi connectivity index (χ1n) is 5.16. The maximum atomic E-state index is 5.45. The normalized spacial score (nSPS) is 14.2. The molecule has 0 fully saturated rings. The molecular weight excluding hydrogens is 248 g/mol. The third kappa shape index (κ3) is 9.71. The average Bonchev–Trinajstić information content (AvgIpc) is 2.28. The minimum absolute atomic E-state index is 0.0556. The van der Waals surface area contributed by atoms with Crippen molar-refractivity contribution in [1.29, 1.82) is 0 Å². The molecule has 3 nitrogen and oxygen atoms in total. The largest absolute Gasteiger partial charge is 0.380 e. The van der Waals surface area contributed by atoms with Gasteiger partial charge >= 0.3 is 0 Å². The number of hydrogen-bond acceptors (Lipinski definition) is 5. The Labute approximate surface area is 106 Å². The van der Waals surface area contributed by atoms with Gasteiger partial charge in [-0.15, -0.1) is 0 Å². The summed E-state index contributed by atoms with van der Waals surface area (Å²) in [4.78, 5) is 0. The molecule has 0 aromatic heterocycles. The molecule has 1 atom stereocenters. The zero-order chi connectivity index (χ0) is 11.5. The van der Waals surface area contributed by atoms with Crippen LogP contribution >= 0.6 is 25.3 Å². The highest BCUT2D eigenvalue weighted by molar-refractivity contribution is 7.84. The van der Waals surface area contributed by atoms with Crippen molar-refractivity contribution in [1.82, 2.24) is 0 Å². The summed E-state index contributed by atoms with van der Waals surface area (Å²) in [7, 11) is 3.09. The molecule has 6 heteroatoms. The van der Waals surface area contributed by atoms with Crippen molar-refractivity contribution >= 4 is 34.8 Å². The average molecular weight is 270 g/mol. The van der Waals surface area contributed by atoms with Gasteiger partial charge in [0, 0.05) is 31.8 Å². The Morgan fingerprint density at radius 1 is 1.27 bits per heavy atom. The standard InChI is InChI=1S/C9H22O3S2Si/c1-10-9(11-2)15-5-3-4-12-6-8(14)7-13/h8-9,13-14H,3-7,15H2,1-2H3. The van der Waals surface area contributed by atoms with Crippen LogP contribution in [0.5, 0.6) is 0 Å². The molecular formula is C9H22O3S2Si. The fourth-order valence-corrected chi connectivity index (χ4v) is 2.63. The number of thiol groups is 2. The smallest absolute Gasteiger partial charge is 0.134 e. The number of rotatable bonds is 10. The summed E-state index contributed by atoms with van der Waals surface area (Å²) < 4.78 is 15.7. The van der Waals surface area contributed by atoms with Crippen molar-refractivity contribution in [2.75, 3.05) is 33.2 Å². The molecule has 0 saturated carbocycles. The van der Waals surface area contributed by atoms with Crippen LogP contribution in [-0.4, -0.2) is 53.9 Å². The first kappa shape index (κ1) is 15.8.